The summed E-state index contributed by atoms with van der Waals surface area (Å²) in [7, 11) is 0. The molecule has 84 valence electrons. The van der Waals surface area contributed by atoms with Gasteiger partial charge in [0, 0.05) is 0 Å². The van der Waals surface area contributed by atoms with Crippen LogP contribution in [-0.4, -0.2) is 23.3 Å². The van der Waals surface area contributed by atoms with E-state index in [9.17, 15) is 9.90 Å². The highest BCUT2D eigenvalue weighted by Crippen LogP contribution is 2.35. The molecule has 0 aromatic heterocycles. The Morgan fingerprint density at radius 3 is 3.07 bits per heavy atom. The van der Waals surface area contributed by atoms with E-state index in [1.807, 2.05) is 13.0 Å². The van der Waals surface area contributed by atoms with Crippen LogP contribution < -0.4 is 0 Å². The number of carbonyl (C=O) groups excluding carboxylic acids is 1. The van der Waals surface area contributed by atoms with Gasteiger partial charge in [-0.2, -0.15) is 5.26 Å². The number of ether oxygens (including phenoxy) is 1. The molecule has 1 aliphatic rings. The van der Waals surface area contributed by atoms with E-state index in [2.05, 4.69) is 0 Å². The molecule has 1 N–H and O–H groups in total. The predicted octanol–water partition coefficient (Wildman–Crippen LogP) is 1.38. The summed E-state index contributed by atoms with van der Waals surface area (Å²) in [5, 5.41) is 18.6. The molecule has 1 rings (SSSR count). The molecule has 15 heavy (non-hydrogen) atoms. The molecule has 1 aliphatic carbocycles. The number of carbonyl (C=O) groups is 1. The summed E-state index contributed by atoms with van der Waals surface area (Å²) in [6.07, 6.45) is 3.41. The van der Waals surface area contributed by atoms with E-state index >= 15 is 0 Å². The standard InChI is InChI=1S/C11H17NO3/c1-2-3-7-15-10(13)9-5-4-6-11(9,14)8-12/h9,14H,2-7H2,1H3/t9-,11-/m1/s1. The number of nitrogens with zero attached hydrogens (tertiary/aromatic N) is 1. The van der Waals surface area contributed by atoms with Crippen molar-refractivity contribution in [2.75, 3.05) is 6.61 Å². The van der Waals surface area contributed by atoms with Gasteiger partial charge in [-0.3, -0.25) is 4.79 Å². The van der Waals surface area contributed by atoms with Crippen LogP contribution in [0.15, 0.2) is 0 Å². The summed E-state index contributed by atoms with van der Waals surface area (Å²) in [6, 6.07) is 1.82. The van der Waals surface area contributed by atoms with Gasteiger partial charge in [-0.05, 0) is 25.7 Å². The Morgan fingerprint density at radius 1 is 1.73 bits per heavy atom. The lowest BCUT2D eigenvalue weighted by atomic mass is 9.92. The lowest BCUT2D eigenvalue weighted by Gasteiger charge is -2.20. The molecule has 0 aromatic carbocycles. The minimum Gasteiger partial charge on any atom is -0.465 e. The minimum absolute atomic E-state index is 0.372. The van der Waals surface area contributed by atoms with Gasteiger partial charge < -0.3 is 9.84 Å². The molecular weight excluding hydrogens is 194 g/mol. The number of hydrogen-bond acceptors (Lipinski definition) is 4. The number of rotatable bonds is 4. The van der Waals surface area contributed by atoms with Crippen LogP contribution in [0.1, 0.15) is 39.0 Å². The van der Waals surface area contributed by atoms with E-state index in [4.69, 9.17) is 10.00 Å². The maximum atomic E-state index is 11.6. The fraction of sp³-hybridized carbons (Fsp3) is 0.818. The molecule has 4 nitrogen and oxygen atoms in total. The van der Waals surface area contributed by atoms with Gasteiger partial charge in [0.05, 0.1) is 18.6 Å². The lowest BCUT2D eigenvalue weighted by molar-refractivity contribution is -0.153. The Labute approximate surface area is 89.8 Å². The number of nitriles is 1. The van der Waals surface area contributed by atoms with Crippen molar-refractivity contribution < 1.29 is 14.6 Å². The first kappa shape index (κ1) is 12.0. The quantitative estimate of drug-likeness (QED) is 0.433. The average Bonchev–Trinajstić information content (AvgIpc) is 2.61. The zero-order valence-electron chi connectivity index (χ0n) is 9.03. The number of esters is 1. The monoisotopic (exact) mass is 211 g/mol. The van der Waals surface area contributed by atoms with Crippen molar-refractivity contribution >= 4 is 5.97 Å². The molecule has 0 saturated heterocycles. The highest BCUT2D eigenvalue weighted by Gasteiger charge is 2.46. The lowest BCUT2D eigenvalue weighted by Crippen LogP contribution is -2.37. The SMILES string of the molecule is CCCCOC(=O)[C@H]1CCC[C@@]1(O)C#N. The Bertz CT molecular complexity index is 271. The van der Waals surface area contributed by atoms with Gasteiger partial charge in [-0.25, -0.2) is 0 Å². The summed E-state index contributed by atoms with van der Waals surface area (Å²) in [5.41, 5.74) is -1.50. The fourth-order valence-electron chi connectivity index (χ4n) is 1.85. The molecule has 1 saturated carbocycles. The molecule has 0 heterocycles. The van der Waals surface area contributed by atoms with Crippen LogP contribution in [0.2, 0.25) is 0 Å². The van der Waals surface area contributed by atoms with Crippen LogP contribution in [0.5, 0.6) is 0 Å². The Hall–Kier alpha value is -1.08. The van der Waals surface area contributed by atoms with Crippen LogP contribution in [-0.2, 0) is 9.53 Å². The highest BCUT2D eigenvalue weighted by atomic mass is 16.5. The fourth-order valence-corrected chi connectivity index (χ4v) is 1.85. The first-order valence-electron chi connectivity index (χ1n) is 5.44. The van der Waals surface area contributed by atoms with Crippen molar-refractivity contribution in [3.05, 3.63) is 0 Å². The molecule has 0 amide bonds. The highest BCUT2D eigenvalue weighted by molar-refractivity contribution is 5.75. The summed E-state index contributed by atoms with van der Waals surface area (Å²) >= 11 is 0. The minimum atomic E-state index is -1.50. The van der Waals surface area contributed by atoms with Crippen molar-refractivity contribution in [1.29, 1.82) is 5.26 Å². The second kappa shape index (κ2) is 5.13. The Balaban J connectivity index is 2.49. The van der Waals surface area contributed by atoms with E-state index in [0.29, 0.717) is 25.9 Å². The van der Waals surface area contributed by atoms with Crippen molar-refractivity contribution in [2.24, 2.45) is 5.92 Å². The zero-order chi connectivity index (χ0) is 11.3. The smallest absolute Gasteiger partial charge is 0.312 e. The maximum absolute atomic E-state index is 11.6. The van der Waals surface area contributed by atoms with E-state index < -0.39 is 17.5 Å². The molecular formula is C11H17NO3. The summed E-state index contributed by atoms with van der Waals surface area (Å²) in [4.78, 5) is 11.6. The van der Waals surface area contributed by atoms with Crippen molar-refractivity contribution in [3.8, 4) is 6.07 Å². The normalized spacial score (nSPS) is 29.8. The van der Waals surface area contributed by atoms with Gasteiger partial charge in [-0.15, -0.1) is 0 Å². The van der Waals surface area contributed by atoms with E-state index in [-0.39, 0.29) is 0 Å². The van der Waals surface area contributed by atoms with E-state index in [1.54, 1.807) is 0 Å². The first-order valence-corrected chi connectivity index (χ1v) is 5.44. The van der Waals surface area contributed by atoms with Gasteiger partial charge in [0.1, 0.15) is 0 Å². The molecule has 1 fully saturated rings. The molecule has 0 aliphatic heterocycles. The second-order valence-electron chi connectivity index (χ2n) is 4.00. The topological polar surface area (TPSA) is 70.3 Å². The second-order valence-corrected chi connectivity index (χ2v) is 4.00. The molecule has 0 aromatic rings. The molecule has 0 unspecified atom stereocenters. The van der Waals surface area contributed by atoms with E-state index in [0.717, 1.165) is 12.8 Å². The van der Waals surface area contributed by atoms with Crippen LogP contribution in [0.4, 0.5) is 0 Å². The number of hydrogen-bond donors (Lipinski definition) is 1. The molecule has 0 spiro atoms. The van der Waals surface area contributed by atoms with Gasteiger partial charge in [0.15, 0.2) is 5.60 Å². The third-order valence-electron chi connectivity index (χ3n) is 2.85. The predicted molar refractivity (Wildman–Crippen MR) is 53.8 cm³/mol. The van der Waals surface area contributed by atoms with Gasteiger partial charge in [0.25, 0.3) is 0 Å². The number of aliphatic hydroxyl groups is 1. The van der Waals surface area contributed by atoms with Gasteiger partial charge in [-0.1, -0.05) is 13.3 Å². The van der Waals surface area contributed by atoms with Crippen LogP contribution in [0.25, 0.3) is 0 Å². The van der Waals surface area contributed by atoms with Crippen LogP contribution in [0, 0.1) is 17.2 Å². The Morgan fingerprint density at radius 2 is 2.47 bits per heavy atom. The van der Waals surface area contributed by atoms with Crippen molar-refractivity contribution in [2.45, 2.75) is 44.6 Å². The molecule has 2 atom stereocenters. The van der Waals surface area contributed by atoms with Crippen LogP contribution >= 0.6 is 0 Å². The Kier molecular flexibility index (Phi) is 4.10. The summed E-state index contributed by atoms with van der Waals surface area (Å²) in [5.74, 6) is -1.08. The van der Waals surface area contributed by atoms with E-state index in [1.165, 1.54) is 0 Å². The summed E-state index contributed by atoms with van der Waals surface area (Å²) < 4.78 is 5.01. The first-order chi connectivity index (χ1) is 7.14. The van der Waals surface area contributed by atoms with Gasteiger partial charge >= 0.3 is 5.97 Å². The molecule has 0 bridgehead atoms. The van der Waals surface area contributed by atoms with Crippen molar-refractivity contribution in [3.63, 3.8) is 0 Å². The third kappa shape index (κ3) is 2.69. The van der Waals surface area contributed by atoms with Crippen LogP contribution in [0.3, 0.4) is 0 Å². The van der Waals surface area contributed by atoms with Crippen molar-refractivity contribution in [1.82, 2.24) is 0 Å². The molecule has 4 heteroatoms. The average molecular weight is 211 g/mol. The van der Waals surface area contributed by atoms with Gasteiger partial charge in [0.2, 0.25) is 0 Å². The largest absolute Gasteiger partial charge is 0.465 e. The zero-order valence-corrected chi connectivity index (χ0v) is 9.03. The number of unbranched alkanes of at least 4 members (excludes halogenated alkanes) is 1. The summed E-state index contributed by atoms with van der Waals surface area (Å²) in [6.45, 7) is 2.39. The molecule has 0 radical (unpaired) electrons. The third-order valence-corrected chi connectivity index (χ3v) is 2.85. The maximum Gasteiger partial charge on any atom is 0.312 e.